The van der Waals surface area contributed by atoms with Crippen molar-refractivity contribution in [1.82, 2.24) is 19.7 Å². The highest BCUT2D eigenvalue weighted by Crippen LogP contribution is 2.35. The van der Waals surface area contributed by atoms with E-state index in [4.69, 9.17) is 4.74 Å². The van der Waals surface area contributed by atoms with Gasteiger partial charge >= 0.3 is 6.03 Å². The molecule has 4 heterocycles. The van der Waals surface area contributed by atoms with Gasteiger partial charge in [0.1, 0.15) is 17.2 Å². The van der Waals surface area contributed by atoms with E-state index < -0.39 is 5.54 Å². The molecule has 2 aliphatic rings. The lowest BCUT2D eigenvalue weighted by Gasteiger charge is -2.28. The summed E-state index contributed by atoms with van der Waals surface area (Å²) in [5.41, 5.74) is 0.564. The Morgan fingerprint density at radius 2 is 1.88 bits per heavy atom. The fraction of sp³-hybridized carbons (Fsp3) is 0.583. The van der Waals surface area contributed by atoms with Crippen LogP contribution in [0.15, 0.2) is 24.4 Å². The van der Waals surface area contributed by atoms with E-state index in [-0.39, 0.29) is 17.4 Å². The SMILES string of the molecule is Cn1nc(C(C)(C)C)cc1N1C(=O)N(Cc2ccnc(NC3CCOCC3)c2)C(C)(C)C1=O. The third-order valence-electron chi connectivity index (χ3n) is 6.41. The number of aryl methyl sites for hydroxylation is 1. The number of ether oxygens (including phenoxy) is 1. The molecule has 0 atom stereocenters. The monoisotopic (exact) mass is 454 g/mol. The van der Waals surface area contributed by atoms with Gasteiger partial charge in [-0.3, -0.25) is 9.48 Å². The van der Waals surface area contributed by atoms with E-state index in [9.17, 15) is 9.59 Å². The van der Waals surface area contributed by atoms with Crippen LogP contribution in [0.2, 0.25) is 0 Å². The zero-order valence-corrected chi connectivity index (χ0v) is 20.4. The summed E-state index contributed by atoms with van der Waals surface area (Å²) in [5.74, 6) is 1.00. The molecule has 0 radical (unpaired) electrons. The Labute approximate surface area is 195 Å². The van der Waals surface area contributed by atoms with Crippen molar-refractivity contribution in [2.24, 2.45) is 7.05 Å². The zero-order chi connectivity index (χ0) is 24.0. The minimum atomic E-state index is -0.985. The van der Waals surface area contributed by atoms with Gasteiger partial charge in [-0.25, -0.2) is 14.7 Å². The molecule has 2 aromatic heterocycles. The molecule has 0 saturated carbocycles. The highest BCUT2D eigenvalue weighted by Gasteiger charge is 2.52. The number of nitrogens with one attached hydrogen (secondary N) is 1. The van der Waals surface area contributed by atoms with Crippen molar-refractivity contribution < 1.29 is 14.3 Å². The first-order valence-corrected chi connectivity index (χ1v) is 11.5. The fourth-order valence-electron chi connectivity index (χ4n) is 4.22. The first kappa shape index (κ1) is 23.2. The molecule has 9 nitrogen and oxygen atoms in total. The second-order valence-electron chi connectivity index (χ2n) is 10.4. The Kier molecular flexibility index (Phi) is 5.94. The Morgan fingerprint density at radius 1 is 1.18 bits per heavy atom. The van der Waals surface area contributed by atoms with Crippen molar-refractivity contribution >= 4 is 23.6 Å². The molecule has 0 bridgehead atoms. The van der Waals surface area contributed by atoms with Gasteiger partial charge in [-0.2, -0.15) is 5.10 Å². The molecule has 178 valence electrons. The van der Waals surface area contributed by atoms with Crippen LogP contribution in [-0.4, -0.2) is 56.4 Å². The van der Waals surface area contributed by atoms with Crippen LogP contribution in [0.25, 0.3) is 0 Å². The zero-order valence-electron chi connectivity index (χ0n) is 20.4. The van der Waals surface area contributed by atoms with Crippen molar-refractivity contribution in [3.63, 3.8) is 0 Å². The normalized spacial score (nSPS) is 19.5. The third-order valence-corrected chi connectivity index (χ3v) is 6.41. The maximum atomic E-state index is 13.5. The summed E-state index contributed by atoms with van der Waals surface area (Å²) in [6.07, 6.45) is 3.61. The first-order valence-electron chi connectivity index (χ1n) is 11.5. The predicted molar refractivity (Wildman–Crippen MR) is 126 cm³/mol. The average Bonchev–Trinajstić information content (AvgIpc) is 3.21. The van der Waals surface area contributed by atoms with E-state index in [0.717, 1.165) is 43.1 Å². The summed E-state index contributed by atoms with van der Waals surface area (Å²) in [6, 6.07) is 5.65. The maximum Gasteiger partial charge on any atom is 0.333 e. The van der Waals surface area contributed by atoms with Crippen LogP contribution < -0.4 is 10.2 Å². The molecule has 33 heavy (non-hydrogen) atoms. The second kappa shape index (κ2) is 8.44. The quantitative estimate of drug-likeness (QED) is 0.696. The van der Waals surface area contributed by atoms with E-state index in [0.29, 0.717) is 18.4 Å². The van der Waals surface area contributed by atoms with Gasteiger partial charge in [0.2, 0.25) is 0 Å². The molecule has 0 aromatic carbocycles. The number of hydrogen-bond acceptors (Lipinski definition) is 6. The van der Waals surface area contributed by atoms with Gasteiger partial charge in [-0.05, 0) is 44.4 Å². The van der Waals surface area contributed by atoms with Gasteiger partial charge < -0.3 is 15.0 Å². The number of urea groups is 1. The Balaban J connectivity index is 1.57. The molecular weight excluding hydrogens is 420 g/mol. The van der Waals surface area contributed by atoms with Crippen molar-refractivity contribution in [2.45, 2.75) is 71.0 Å². The molecule has 2 saturated heterocycles. The molecule has 2 fully saturated rings. The number of anilines is 2. The van der Waals surface area contributed by atoms with E-state index in [1.807, 2.05) is 18.2 Å². The highest BCUT2D eigenvalue weighted by molar-refractivity contribution is 6.22. The Bertz CT molecular complexity index is 1050. The smallest absolute Gasteiger partial charge is 0.333 e. The minimum Gasteiger partial charge on any atom is -0.381 e. The summed E-state index contributed by atoms with van der Waals surface area (Å²) in [7, 11) is 1.76. The van der Waals surface area contributed by atoms with E-state index in [2.05, 4.69) is 36.2 Å². The van der Waals surface area contributed by atoms with Crippen molar-refractivity contribution in [3.05, 3.63) is 35.7 Å². The lowest BCUT2D eigenvalue weighted by molar-refractivity contribution is -0.123. The summed E-state index contributed by atoms with van der Waals surface area (Å²) < 4.78 is 7.03. The lowest BCUT2D eigenvalue weighted by Crippen LogP contribution is -2.43. The summed E-state index contributed by atoms with van der Waals surface area (Å²) in [4.78, 5) is 34.2. The summed E-state index contributed by atoms with van der Waals surface area (Å²) in [6.45, 7) is 11.5. The molecule has 1 N–H and O–H groups in total. The highest BCUT2D eigenvalue weighted by atomic mass is 16.5. The molecule has 0 aliphatic carbocycles. The van der Waals surface area contributed by atoms with Crippen LogP contribution in [0.1, 0.15) is 58.7 Å². The number of carbonyl (C=O) groups is 2. The fourth-order valence-corrected chi connectivity index (χ4v) is 4.22. The molecule has 0 spiro atoms. The lowest BCUT2D eigenvalue weighted by atomic mass is 9.92. The van der Waals surface area contributed by atoms with E-state index in [1.54, 1.807) is 36.7 Å². The van der Waals surface area contributed by atoms with E-state index >= 15 is 0 Å². The Morgan fingerprint density at radius 3 is 2.52 bits per heavy atom. The van der Waals surface area contributed by atoms with Gasteiger partial charge in [0, 0.05) is 50.5 Å². The van der Waals surface area contributed by atoms with Crippen LogP contribution in [0.5, 0.6) is 0 Å². The molecule has 3 amide bonds. The van der Waals surface area contributed by atoms with Crippen LogP contribution in [0, 0.1) is 0 Å². The molecule has 2 aliphatic heterocycles. The number of amides is 3. The molecule has 0 unspecified atom stereocenters. The number of pyridine rings is 1. The van der Waals surface area contributed by atoms with Gasteiger partial charge in [-0.15, -0.1) is 0 Å². The number of hydrogen-bond donors (Lipinski definition) is 1. The van der Waals surface area contributed by atoms with Crippen molar-refractivity contribution in [2.75, 3.05) is 23.4 Å². The van der Waals surface area contributed by atoms with Crippen LogP contribution in [-0.2, 0) is 28.5 Å². The number of aromatic nitrogens is 3. The second-order valence-corrected chi connectivity index (χ2v) is 10.4. The molecule has 2 aromatic rings. The van der Waals surface area contributed by atoms with Crippen molar-refractivity contribution in [3.8, 4) is 0 Å². The summed E-state index contributed by atoms with van der Waals surface area (Å²) in [5, 5.41) is 8.01. The van der Waals surface area contributed by atoms with Crippen LogP contribution in [0.4, 0.5) is 16.4 Å². The van der Waals surface area contributed by atoms with Crippen LogP contribution >= 0.6 is 0 Å². The topological polar surface area (TPSA) is 92.6 Å². The molecular formula is C24H34N6O3. The number of nitrogens with zero attached hydrogens (tertiary/aromatic N) is 5. The standard InChI is InChI=1S/C24H34N6O3/c1-23(2,3)18-14-20(28(6)27-18)30-21(31)24(4,5)29(22(30)32)15-16-7-10-25-19(13-16)26-17-8-11-33-12-9-17/h7,10,13-14,17H,8-9,11-12,15H2,1-6H3,(H,25,26). The molecule has 9 heteroatoms. The van der Waals surface area contributed by atoms with Gasteiger partial charge in [0.05, 0.1) is 5.69 Å². The van der Waals surface area contributed by atoms with Gasteiger partial charge in [0.25, 0.3) is 5.91 Å². The van der Waals surface area contributed by atoms with Crippen LogP contribution in [0.3, 0.4) is 0 Å². The van der Waals surface area contributed by atoms with Gasteiger partial charge in [0.15, 0.2) is 0 Å². The first-order chi connectivity index (χ1) is 15.5. The van der Waals surface area contributed by atoms with Crippen molar-refractivity contribution in [1.29, 1.82) is 0 Å². The number of imide groups is 1. The predicted octanol–water partition coefficient (Wildman–Crippen LogP) is 3.45. The largest absolute Gasteiger partial charge is 0.381 e. The molecule has 4 rings (SSSR count). The van der Waals surface area contributed by atoms with Gasteiger partial charge in [-0.1, -0.05) is 20.8 Å². The Hall–Kier alpha value is -2.94. The third kappa shape index (κ3) is 4.46. The minimum absolute atomic E-state index is 0.193. The summed E-state index contributed by atoms with van der Waals surface area (Å²) >= 11 is 0. The number of rotatable bonds is 5. The maximum absolute atomic E-state index is 13.5. The average molecular weight is 455 g/mol. The van der Waals surface area contributed by atoms with E-state index in [1.165, 1.54) is 4.90 Å². The number of carbonyl (C=O) groups excluding carboxylic acids is 2.